The van der Waals surface area contributed by atoms with E-state index in [-0.39, 0.29) is 16.4 Å². The zero-order chi connectivity index (χ0) is 25.0. The van der Waals surface area contributed by atoms with E-state index in [0.717, 1.165) is 19.3 Å². The van der Waals surface area contributed by atoms with Gasteiger partial charge in [0, 0.05) is 26.2 Å². The Hall–Kier alpha value is -2.56. The highest BCUT2D eigenvalue weighted by Crippen LogP contribution is 2.23. The SMILES string of the molecule is CSCCC(NS(=O)(=O)c1ccc2c(c1)oc(=O)n2C)C(=O)N1CCC(Cc2ccccc2)CC1. The van der Waals surface area contributed by atoms with Crippen molar-refractivity contribution in [3.63, 3.8) is 0 Å². The van der Waals surface area contributed by atoms with Crippen molar-refractivity contribution in [3.8, 4) is 0 Å². The van der Waals surface area contributed by atoms with Crippen molar-refractivity contribution in [2.24, 2.45) is 13.0 Å². The van der Waals surface area contributed by atoms with E-state index in [1.807, 2.05) is 24.5 Å². The number of likely N-dealkylation sites (tertiary alicyclic amines) is 1. The number of nitrogens with zero attached hydrogens (tertiary/aromatic N) is 2. The van der Waals surface area contributed by atoms with Crippen LogP contribution >= 0.6 is 11.8 Å². The van der Waals surface area contributed by atoms with Crippen molar-refractivity contribution in [2.45, 2.75) is 36.6 Å². The maximum Gasteiger partial charge on any atom is 0.419 e. The molecule has 3 aromatic rings. The van der Waals surface area contributed by atoms with Crippen LogP contribution in [0.2, 0.25) is 0 Å². The quantitative estimate of drug-likeness (QED) is 0.468. The normalized spacial score (nSPS) is 16.0. The largest absolute Gasteiger partial charge is 0.419 e. The van der Waals surface area contributed by atoms with E-state index in [1.54, 1.807) is 23.7 Å². The number of rotatable bonds is 9. The molecule has 1 amide bonds. The molecule has 2 aromatic carbocycles. The molecule has 1 aliphatic heterocycles. The number of thioether (sulfide) groups is 1. The number of oxazole rings is 1. The first-order valence-corrected chi connectivity index (χ1v) is 14.6. The van der Waals surface area contributed by atoms with Crippen molar-refractivity contribution >= 4 is 38.8 Å². The van der Waals surface area contributed by atoms with Crippen LogP contribution < -0.4 is 10.5 Å². The second-order valence-corrected chi connectivity index (χ2v) is 11.7. The Kier molecular flexibility index (Phi) is 8.03. The summed E-state index contributed by atoms with van der Waals surface area (Å²) in [7, 11) is -2.44. The molecule has 1 aliphatic rings. The molecular weight excluding hydrogens is 486 g/mol. The van der Waals surface area contributed by atoms with Gasteiger partial charge in [0.25, 0.3) is 0 Å². The third kappa shape index (κ3) is 5.99. The topological polar surface area (TPSA) is 102 Å². The molecule has 2 heterocycles. The molecule has 0 bridgehead atoms. The number of aromatic nitrogens is 1. The summed E-state index contributed by atoms with van der Waals surface area (Å²) in [6, 6.07) is 13.8. The average Bonchev–Trinajstić information content (AvgIpc) is 3.15. The molecule has 1 N–H and O–H groups in total. The van der Waals surface area contributed by atoms with E-state index in [1.165, 1.54) is 28.3 Å². The van der Waals surface area contributed by atoms with Gasteiger partial charge in [0.15, 0.2) is 5.58 Å². The van der Waals surface area contributed by atoms with Crippen LogP contribution in [-0.2, 0) is 28.3 Å². The summed E-state index contributed by atoms with van der Waals surface area (Å²) in [4.78, 5) is 26.9. The first-order chi connectivity index (χ1) is 16.8. The Balaban J connectivity index is 1.44. The second kappa shape index (κ2) is 11.0. The first kappa shape index (κ1) is 25.5. The third-order valence-electron chi connectivity index (χ3n) is 6.57. The molecular formula is C25H31N3O5S2. The minimum atomic E-state index is -4.00. The van der Waals surface area contributed by atoms with Gasteiger partial charge in [-0.25, -0.2) is 13.2 Å². The number of hydrogen-bond donors (Lipinski definition) is 1. The van der Waals surface area contributed by atoms with Crippen LogP contribution in [0.5, 0.6) is 0 Å². The Morgan fingerprint density at radius 3 is 2.57 bits per heavy atom. The molecule has 4 rings (SSSR count). The van der Waals surface area contributed by atoms with E-state index >= 15 is 0 Å². The predicted octanol–water partition coefficient (Wildman–Crippen LogP) is 3.01. The zero-order valence-electron chi connectivity index (χ0n) is 20.0. The van der Waals surface area contributed by atoms with Crippen LogP contribution in [0.1, 0.15) is 24.8 Å². The summed E-state index contributed by atoms with van der Waals surface area (Å²) in [5, 5.41) is 0. The number of aryl methyl sites for hydroxylation is 1. The molecule has 0 radical (unpaired) electrons. The fourth-order valence-electron chi connectivity index (χ4n) is 4.53. The number of sulfonamides is 1. The summed E-state index contributed by atoms with van der Waals surface area (Å²) in [5.41, 5.74) is 1.99. The van der Waals surface area contributed by atoms with Gasteiger partial charge in [-0.2, -0.15) is 16.5 Å². The van der Waals surface area contributed by atoms with Crippen LogP contribution in [0, 0.1) is 5.92 Å². The van der Waals surface area contributed by atoms with Gasteiger partial charge in [-0.1, -0.05) is 30.3 Å². The summed E-state index contributed by atoms with van der Waals surface area (Å²) in [6.07, 6.45) is 5.10. The highest BCUT2D eigenvalue weighted by molar-refractivity contribution is 7.98. The van der Waals surface area contributed by atoms with E-state index in [0.29, 0.717) is 36.7 Å². The van der Waals surface area contributed by atoms with Crippen LogP contribution in [0.15, 0.2) is 62.6 Å². The molecule has 188 valence electrons. The van der Waals surface area contributed by atoms with Crippen LogP contribution in [0.3, 0.4) is 0 Å². The first-order valence-electron chi connectivity index (χ1n) is 11.7. The van der Waals surface area contributed by atoms with Crippen molar-refractivity contribution in [1.29, 1.82) is 0 Å². The van der Waals surface area contributed by atoms with Gasteiger partial charge >= 0.3 is 5.76 Å². The van der Waals surface area contributed by atoms with Gasteiger partial charge < -0.3 is 9.32 Å². The lowest BCUT2D eigenvalue weighted by Crippen LogP contribution is -2.51. The van der Waals surface area contributed by atoms with Gasteiger partial charge in [0.05, 0.1) is 10.4 Å². The van der Waals surface area contributed by atoms with Gasteiger partial charge in [-0.15, -0.1) is 0 Å². The predicted molar refractivity (Wildman–Crippen MR) is 138 cm³/mol. The van der Waals surface area contributed by atoms with Crippen LogP contribution in [-0.4, -0.2) is 54.9 Å². The van der Waals surface area contributed by atoms with Crippen molar-refractivity contribution in [3.05, 3.63) is 64.6 Å². The van der Waals surface area contributed by atoms with Gasteiger partial charge in [-0.3, -0.25) is 9.36 Å². The number of fused-ring (bicyclic) bond motifs is 1. The maximum atomic E-state index is 13.4. The van der Waals surface area contributed by atoms with E-state index in [4.69, 9.17) is 4.42 Å². The lowest BCUT2D eigenvalue weighted by molar-refractivity contribution is -0.134. The van der Waals surface area contributed by atoms with E-state index < -0.39 is 21.8 Å². The number of carbonyl (C=O) groups is 1. The lowest BCUT2D eigenvalue weighted by Gasteiger charge is -2.34. The smallest absolute Gasteiger partial charge is 0.408 e. The van der Waals surface area contributed by atoms with E-state index in [9.17, 15) is 18.0 Å². The monoisotopic (exact) mass is 517 g/mol. The molecule has 0 aliphatic carbocycles. The highest BCUT2D eigenvalue weighted by Gasteiger charge is 2.31. The summed E-state index contributed by atoms with van der Waals surface area (Å²) in [6.45, 7) is 1.24. The third-order valence-corrected chi connectivity index (χ3v) is 8.69. The van der Waals surface area contributed by atoms with Gasteiger partial charge in [-0.05, 0) is 61.3 Å². The van der Waals surface area contributed by atoms with Crippen molar-refractivity contribution in [1.82, 2.24) is 14.2 Å². The maximum absolute atomic E-state index is 13.4. The minimum Gasteiger partial charge on any atom is -0.408 e. The average molecular weight is 518 g/mol. The fourth-order valence-corrected chi connectivity index (χ4v) is 6.24. The second-order valence-electron chi connectivity index (χ2n) is 8.97. The number of amides is 1. The highest BCUT2D eigenvalue weighted by atomic mass is 32.2. The molecule has 1 fully saturated rings. The molecule has 1 saturated heterocycles. The summed E-state index contributed by atoms with van der Waals surface area (Å²) >= 11 is 1.57. The van der Waals surface area contributed by atoms with Crippen LogP contribution in [0.25, 0.3) is 11.1 Å². The number of hydrogen-bond acceptors (Lipinski definition) is 6. The number of piperidine rings is 1. The Morgan fingerprint density at radius 2 is 1.89 bits per heavy atom. The van der Waals surface area contributed by atoms with Gasteiger partial charge in [0.2, 0.25) is 15.9 Å². The van der Waals surface area contributed by atoms with E-state index in [2.05, 4.69) is 16.9 Å². The Labute approximate surface area is 209 Å². The number of nitrogens with one attached hydrogen (secondary N) is 1. The molecule has 35 heavy (non-hydrogen) atoms. The molecule has 1 atom stereocenters. The molecule has 1 aromatic heterocycles. The summed E-state index contributed by atoms with van der Waals surface area (Å²) in [5.74, 6) is 0.407. The standard InChI is InChI=1S/C25H31N3O5S2/c1-27-22-9-8-20(17-23(22)33-25(27)30)35(31,32)26-21(12-15-34-2)24(29)28-13-10-19(11-14-28)16-18-6-4-3-5-7-18/h3-9,17,19,21,26H,10-16H2,1-2H3. The zero-order valence-corrected chi connectivity index (χ0v) is 21.6. The van der Waals surface area contributed by atoms with Gasteiger partial charge in [0.1, 0.15) is 6.04 Å². The molecule has 0 spiro atoms. The lowest BCUT2D eigenvalue weighted by atomic mass is 9.90. The number of carbonyl (C=O) groups excluding carboxylic acids is 1. The van der Waals surface area contributed by atoms with Crippen molar-refractivity contribution in [2.75, 3.05) is 25.1 Å². The molecule has 8 nitrogen and oxygen atoms in total. The van der Waals surface area contributed by atoms with Crippen LogP contribution in [0.4, 0.5) is 0 Å². The molecule has 1 unspecified atom stereocenters. The fraction of sp³-hybridized carbons (Fsp3) is 0.440. The minimum absolute atomic E-state index is 0.0390. The Bertz CT molecular complexity index is 1330. The molecule has 10 heteroatoms. The van der Waals surface area contributed by atoms with Crippen molar-refractivity contribution < 1.29 is 17.6 Å². The number of benzene rings is 2. The Morgan fingerprint density at radius 1 is 1.17 bits per heavy atom. The molecule has 0 saturated carbocycles. The summed E-state index contributed by atoms with van der Waals surface area (Å²) < 4.78 is 35.4.